The molecule has 1 unspecified atom stereocenters. The molecule has 0 radical (unpaired) electrons. The fourth-order valence-corrected chi connectivity index (χ4v) is 1.11. The predicted octanol–water partition coefficient (Wildman–Crippen LogP) is 1.74. The van der Waals surface area contributed by atoms with Gasteiger partial charge in [-0.05, 0) is 31.3 Å². The molecule has 2 heteroatoms. The summed E-state index contributed by atoms with van der Waals surface area (Å²) >= 11 is 0. The molecule has 0 amide bonds. The van der Waals surface area contributed by atoms with Crippen LogP contribution in [0.15, 0.2) is 11.6 Å². The first-order valence-electron chi connectivity index (χ1n) is 3.39. The number of rotatable bonds is 1. The molecule has 1 aliphatic carbocycles. The summed E-state index contributed by atoms with van der Waals surface area (Å²) in [4.78, 5) is 0. The fourth-order valence-electron chi connectivity index (χ4n) is 1.11. The second kappa shape index (κ2) is 2.97. The number of hydrogen-bond donors (Lipinski definition) is 1. The molecule has 1 rings (SSSR count). The lowest BCUT2D eigenvalue weighted by molar-refractivity contribution is 0.376. The van der Waals surface area contributed by atoms with Gasteiger partial charge >= 0.3 is 0 Å². The molecule has 1 aliphatic rings. The number of halogens is 1. The molecule has 0 saturated heterocycles. The monoisotopic (exact) mass is 129 g/mol. The Morgan fingerprint density at radius 2 is 2.33 bits per heavy atom. The van der Waals surface area contributed by atoms with Gasteiger partial charge in [-0.25, -0.2) is 4.39 Å². The normalized spacial score (nSPS) is 23.1. The van der Waals surface area contributed by atoms with Crippen LogP contribution in [0.3, 0.4) is 0 Å². The van der Waals surface area contributed by atoms with E-state index in [1.807, 2.05) is 6.08 Å². The van der Waals surface area contributed by atoms with Crippen LogP contribution in [-0.2, 0) is 0 Å². The Kier molecular flexibility index (Phi) is 2.22. The molecule has 0 aliphatic heterocycles. The van der Waals surface area contributed by atoms with E-state index in [2.05, 4.69) is 0 Å². The Labute approximate surface area is 54.7 Å². The van der Waals surface area contributed by atoms with Crippen LogP contribution in [0, 0.1) is 0 Å². The molecule has 0 bridgehead atoms. The van der Waals surface area contributed by atoms with E-state index in [9.17, 15) is 4.39 Å². The van der Waals surface area contributed by atoms with Crippen LogP contribution in [0.2, 0.25) is 0 Å². The SMILES string of the molecule is NC(F)C1=CCCCC1. The van der Waals surface area contributed by atoms with E-state index in [1.165, 1.54) is 6.42 Å². The Morgan fingerprint density at radius 1 is 1.56 bits per heavy atom. The molecule has 0 heterocycles. The van der Waals surface area contributed by atoms with Gasteiger partial charge in [-0.3, -0.25) is 5.73 Å². The maximum atomic E-state index is 12.3. The summed E-state index contributed by atoms with van der Waals surface area (Å²) in [6, 6.07) is 0. The third-order valence-electron chi connectivity index (χ3n) is 1.68. The Balaban J connectivity index is 2.46. The highest BCUT2D eigenvalue weighted by atomic mass is 19.1. The lowest BCUT2D eigenvalue weighted by Crippen LogP contribution is -2.17. The van der Waals surface area contributed by atoms with Gasteiger partial charge < -0.3 is 0 Å². The molecule has 0 saturated carbocycles. The van der Waals surface area contributed by atoms with Gasteiger partial charge in [0.15, 0.2) is 6.30 Å². The van der Waals surface area contributed by atoms with Crippen LogP contribution in [0.4, 0.5) is 4.39 Å². The number of allylic oxidation sites excluding steroid dienone is 1. The van der Waals surface area contributed by atoms with Crippen LogP contribution < -0.4 is 5.73 Å². The molecule has 1 nitrogen and oxygen atoms in total. The Hall–Kier alpha value is -0.370. The zero-order valence-corrected chi connectivity index (χ0v) is 5.44. The van der Waals surface area contributed by atoms with Crippen LogP contribution in [0.25, 0.3) is 0 Å². The van der Waals surface area contributed by atoms with Crippen molar-refractivity contribution in [1.29, 1.82) is 0 Å². The van der Waals surface area contributed by atoms with E-state index in [4.69, 9.17) is 5.73 Å². The highest BCUT2D eigenvalue weighted by Crippen LogP contribution is 2.19. The lowest BCUT2D eigenvalue weighted by atomic mass is 9.99. The van der Waals surface area contributed by atoms with Crippen molar-refractivity contribution in [3.05, 3.63) is 11.6 Å². The van der Waals surface area contributed by atoms with Crippen LogP contribution in [0.5, 0.6) is 0 Å². The smallest absolute Gasteiger partial charge is 0.170 e. The standard InChI is InChI=1S/C7H12FN/c8-7(9)6-4-2-1-3-5-6/h4,7H,1-3,5,9H2. The van der Waals surface area contributed by atoms with Gasteiger partial charge in [0, 0.05) is 0 Å². The first-order valence-corrected chi connectivity index (χ1v) is 3.39. The highest BCUT2D eigenvalue weighted by molar-refractivity contribution is 5.08. The minimum Gasteiger partial charge on any atom is -0.298 e. The fraction of sp³-hybridized carbons (Fsp3) is 0.714. The molecule has 0 spiro atoms. The van der Waals surface area contributed by atoms with E-state index in [-0.39, 0.29) is 0 Å². The van der Waals surface area contributed by atoms with Crippen molar-refractivity contribution in [2.75, 3.05) is 0 Å². The summed E-state index contributed by atoms with van der Waals surface area (Å²) in [5, 5.41) is 0. The zero-order chi connectivity index (χ0) is 6.69. The van der Waals surface area contributed by atoms with Crippen molar-refractivity contribution < 1.29 is 4.39 Å². The molecule has 1 atom stereocenters. The maximum absolute atomic E-state index is 12.3. The number of alkyl halides is 1. The average Bonchev–Trinajstić information content (AvgIpc) is 1.90. The van der Waals surface area contributed by atoms with Crippen molar-refractivity contribution >= 4 is 0 Å². The van der Waals surface area contributed by atoms with Gasteiger partial charge in [0.05, 0.1) is 0 Å². The minimum absolute atomic E-state index is 0.793. The van der Waals surface area contributed by atoms with Crippen molar-refractivity contribution in [2.24, 2.45) is 5.73 Å². The molecule has 0 aromatic heterocycles. The largest absolute Gasteiger partial charge is 0.298 e. The molecule has 52 valence electrons. The van der Waals surface area contributed by atoms with Crippen molar-refractivity contribution in [3.8, 4) is 0 Å². The predicted molar refractivity (Wildman–Crippen MR) is 35.6 cm³/mol. The molecule has 0 aromatic carbocycles. The average molecular weight is 129 g/mol. The maximum Gasteiger partial charge on any atom is 0.170 e. The molecule has 2 N–H and O–H groups in total. The highest BCUT2D eigenvalue weighted by Gasteiger charge is 2.09. The first kappa shape index (κ1) is 6.75. The third-order valence-corrected chi connectivity index (χ3v) is 1.68. The second-order valence-corrected chi connectivity index (χ2v) is 2.43. The summed E-state index contributed by atoms with van der Waals surface area (Å²) in [6.07, 6.45) is 4.88. The zero-order valence-electron chi connectivity index (χ0n) is 5.44. The van der Waals surface area contributed by atoms with Gasteiger partial charge in [0.1, 0.15) is 0 Å². The van der Waals surface area contributed by atoms with Crippen molar-refractivity contribution in [2.45, 2.75) is 32.0 Å². The molecule has 0 aromatic rings. The molecular weight excluding hydrogens is 117 g/mol. The molecule has 0 fully saturated rings. The second-order valence-electron chi connectivity index (χ2n) is 2.43. The Morgan fingerprint density at radius 3 is 2.67 bits per heavy atom. The quantitative estimate of drug-likeness (QED) is 0.423. The van der Waals surface area contributed by atoms with Gasteiger partial charge in [-0.15, -0.1) is 0 Å². The van der Waals surface area contributed by atoms with E-state index in [1.54, 1.807) is 0 Å². The van der Waals surface area contributed by atoms with Crippen LogP contribution in [0.1, 0.15) is 25.7 Å². The van der Waals surface area contributed by atoms with Crippen molar-refractivity contribution in [3.63, 3.8) is 0 Å². The van der Waals surface area contributed by atoms with Gasteiger partial charge in [0.25, 0.3) is 0 Å². The van der Waals surface area contributed by atoms with Crippen LogP contribution in [-0.4, -0.2) is 6.30 Å². The number of hydrogen-bond acceptors (Lipinski definition) is 1. The van der Waals surface area contributed by atoms with E-state index in [0.717, 1.165) is 24.8 Å². The minimum atomic E-state index is -1.20. The topological polar surface area (TPSA) is 26.0 Å². The summed E-state index contributed by atoms with van der Waals surface area (Å²) in [7, 11) is 0. The molecule has 9 heavy (non-hydrogen) atoms. The summed E-state index contributed by atoms with van der Waals surface area (Å²) in [6.45, 7) is 0. The van der Waals surface area contributed by atoms with E-state index >= 15 is 0 Å². The first-order chi connectivity index (χ1) is 4.30. The lowest BCUT2D eigenvalue weighted by Gasteiger charge is -2.12. The Bertz CT molecular complexity index is 118. The van der Waals surface area contributed by atoms with E-state index in [0.29, 0.717) is 0 Å². The van der Waals surface area contributed by atoms with Gasteiger partial charge in [0.2, 0.25) is 0 Å². The number of nitrogens with two attached hydrogens (primary N) is 1. The summed E-state index contributed by atoms with van der Waals surface area (Å²) in [5.74, 6) is 0. The van der Waals surface area contributed by atoms with Crippen LogP contribution >= 0.6 is 0 Å². The summed E-state index contributed by atoms with van der Waals surface area (Å²) < 4.78 is 12.3. The molecular formula is C7H12FN. The van der Waals surface area contributed by atoms with E-state index < -0.39 is 6.30 Å². The summed E-state index contributed by atoms with van der Waals surface area (Å²) in [5.41, 5.74) is 5.82. The van der Waals surface area contributed by atoms with Crippen molar-refractivity contribution in [1.82, 2.24) is 0 Å². The van der Waals surface area contributed by atoms with Gasteiger partial charge in [-0.2, -0.15) is 0 Å². The third kappa shape index (κ3) is 1.79. The van der Waals surface area contributed by atoms with Gasteiger partial charge in [-0.1, -0.05) is 6.08 Å².